The van der Waals surface area contributed by atoms with Crippen molar-refractivity contribution in [2.75, 3.05) is 7.11 Å². The van der Waals surface area contributed by atoms with Crippen LogP contribution in [0.2, 0.25) is 0 Å². The van der Waals surface area contributed by atoms with Gasteiger partial charge in [0.15, 0.2) is 0 Å². The fourth-order valence-corrected chi connectivity index (χ4v) is 2.93. The number of ether oxygens (including phenoxy) is 1. The standard InChI is InChI=1S/C18H24N2O2/c1-5-13-8-12(2)9-16(22-4)15(13)10-17(21)20-18(3,11-19)14-6-7-14/h8-9,14H,5-7,10H2,1-4H3,(H,20,21). The number of methoxy groups -OCH3 is 1. The summed E-state index contributed by atoms with van der Waals surface area (Å²) in [5, 5.41) is 12.3. The van der Waals surface area contributed by atoms with Gasteiger partial charge < -0.3 is 10.1 Å². The van der Waals surface area contributed by atoms with Crippen molar-refractivity contribution in [2.45, 2.75) is 52.0 Å². The van der Waals surface area contributed by atoms with Crippen molar-refractivity contribution in [1.29, 1.82) is 5.26 Å². The Kier molecular flexibility index (Phi) is 4.75. The molecule has 1 aromatic rings. The molecule has 4 heteroatoms. The first-order chi connectivity index (χ1) is 10.4. The SMILES string of the molecule is CCc1cc(C)cc(OC)c1CC(=O)NC(C)(C#N)C1CC1. The van der Waals surface area contributed by atoms with Crippen LogP contribution in [0.15, 0.2) is 12.1 Å². The van der Waals surface area contributed by atoms with Gasteiger partial charge in [-0.1, -0.05) is 13.0 Å². The van der Waals surface area contributed by atoms with Crippen molar-refractivity contribution >= 4 is 5.91 Å². The molecule has 0 bridgehead atoms. The van der Waals surface area contributed by atoms with Gasteiger partial charge in [-0.25, -0.2) is 0 Å². The second kappa shape index (κ2) is 6.39. The van der Waals surface area contributed by atoms with Crippen LogP contribution in [-0.2, 0) is 17.6 Å². The summed E-state index contributed by atoms with van der Waals surface area (Å²) in [7, 11) is 1.62. The van der Waals surface area contributed by atoms with E-state index in [2.05, 4.69) is 24.4 Å². The lowest BCUT2D eigenvalue weighted by molar-refractivity contribution is -0.121. The second-order valence-corrected chi connectivity index (χ2v) is 6.27. The van der Waals surface area contributed by atoms with E-state index in [4.69, 9.17) is 4.74 Å². The van der Waals surface area contributed by atoms with Gasteiger partial charge in [0.25, 0.3) is 0 Å². The number of aryl methyl sites for hydroxylation is 2. The van der Waals surface area contributed by atoms with E-state index in [0.717, 1.165) is 41.7 Å². The van der Waals surface area contributed by atoms with Crippen LogP contribution in [0.3, 0.4) is 0 Å². The molecule has 1 amide bonds. The molecule has 0 saturated heterocycles. The predicted molar refractivity (Wildman–Crippen MR) is 85.7 cm³/mol. The molecule has 1 atom stereocenters. The summed E-state index contributed by atoms with van der Waals surface area (Å²) in [4.78, 5) is 12.4. The first kappa shape index (κ1) is 16.4. The summed E-state index contributed by atoms with van der Waals surface area (Å²) in [5.41, 5.74) is 2.42. The fourth-order valence-electron chi connectivity index (χ4n) is 2.93. The van der Waals surface area contributed by atoms with Crippen molar-refractivity contribution in [3.8, 4) is 11.8 Å². The number of benzene rings is 1. The van der Waals surface area contributed by atoms with Crippen molar-refractivity contribution in [1.82, 2.24) is 5.32 Å². The molecular weight excluding hydrogens is 276 g/mol. The maximum atomic E-state index is 12.4. The highest BCUT2D eigenvalue weighted by Gasteiger charge is 2.43. The Balaban J connectivity index is 2.19. The van der Waals surface area contributed by atoms with E-state index in [1.54, 1.807) is 7.11 Å². The Morgan fingerprint density at radius 3 is 2.68 bits per heavy atom. The largest absolute Gasteiger partial charge is 0.496 e. The van der Waals surface area contributed by atoms with Crippen molar-refractivity contribution in [2.24, 2.45) is 5.92 Å². The number of amides is 1. The highest BCUT2D eigenvalue weighted by molar-refractivity contribution is 5.81. The summed E-state index contributed by atoms with van der Waals surface area (Å²) in [6, 6.07) is 6.30. The maximum Gasteiger partial charge on any atom is 0.225 e. The van der Waals surface area contributed by atoms with Gasteiger partial charge in [-0.2, -0.15) is 5.26 Å². The van der Waals surface area contributed by atoms with Crippen molar-refractivity contribution < 1.29 is 9.53 Å². The molecule has 2 rings (SSSR count). The molecule has 4 nitrogen and oxygen atoms in total. The van der Waals surface area contributed by atoms with E-state index in [-0.39, 0.29) is 18.2 Å². The van der Waals surface area contributed by atoms with Gasteiger partial charge in [0.2, 0.25) is 5.91 Å². The van der Waals surface area contributed by atoms with E-state index in [1.807, 2.05) is 19.9 Å². The van der Waals surface area contributed by atoms with Gasteiger partial charge in [-0.3, -0.25) is 4.79 Å². The molecule has 1 unspecified atom stereocenters. The quantitative estimate of drug-likeness (QED) is 0.878. The third-order valence-corrected chi connectivity index (χ3v) is 4.41. The number of carbonyl (C=O) groups is 1. The van der Waals surface area contributed by atoms with E-state index in [0.29, 0.717) is 0 Å². The van der Waals surface area contributed by atoms with Gasteiger partial charge in [-0.15, -0.1) is 0 Å². The van der Waals surface area contributed by atoms with Gasteiger partial charge >= 0.3 is 0 Å². The molecule has 1 aliphatic rings. The lowest BCUT2D eigenvalue weighted by atomic mass is 9.95. The van der Waals surface area contributed by atoms with E-state index in [1.165, 1.54) is 0 Å². The highest BCUT2D eigenvalue weighted by atomic mass is 16.5. The zero-order valence-electron chi connectivity index (χ0n) is 13.8. The minimum absolute atomic E-state index is 0.118. The third kappa shape index (κ3) is 3.41. The van der Waals surface area contributed by atoms with Gasteiger partial charge in [0.05, 0.1) is 19.6 Å². The van der Waals surface area contributed by atoms with Crippen LogP contribution in [0.25, 0.3) is 0 Å². The molecule has 0 spiro atoms. The van der Waals surface area contributed by atoms with Crippen LogP contribution in [0.1, 0.15) is 43.4 Å². The number of nitrogens with zero attached hydrogens (tertiary/aromatic N) is 1. The zero-order valence-corrected chi connectivity index (χ0v) is 13.8. The summed E-state index contributed by atoms with van der Waals surface area (Å²) < 4.78 is 5.44. The van der Waals surface area contributed by atoms with Gasteiger partial charge in [0.1, 0.15) is 11.3 Å². The molecule has 0 radical (unpaired) electrons. The highest BCUT2D eigenvalue weighted by Crippen LogP contribution is 2.39. The number of nitriles is 1. The summed E-state index contributed by atoms with van der Waals surface area (Å²) >= 11 is 0. The van der Waals surface area contributed by atoms with Crippen LogP contribution in [0, 0.1) is 24.2 Å². The normalized spacial score (nSPS) is 16.5. The summed E-state index contributed by atoms with van der Waals surface area (Å²) in [5.74, 6) is 0.914. The monoisotopic (exact) mass is 300 g/mol. The van der Waals surface area contributed by atoms with Crippen LogP contribution in [0.4, 0.5) is 0 Å². The Morgan fingerprint density at radius 1 is 1.50 bits per heavy atom. The number of carbonyl (C=O) groups excluding carboxylic acids is 1. The average molecular weight is 300 g/mol. The first-order valence-electron chi connectivity index (χ1n) is 7.82. The number of hydrogen-bond donors (Lipinski definition) is 1. The topological polar surface area (TPSA) is 62.1 Å². The molecule has 1 fully saturated rings. The number of hydrogen-bond acceptors (Lipinski definition) is 3. The summed E-state index contributed by atoms with van der Waals surface area (Å²) in [6.45, 7) is 5.90. The predicted octanol–water partition coefficient (Wildman–Crippen LogP) is 2.92. The van der Waals surface area contributed by atoms with Gasteiger partial charge in [-0.05, 0) is 56.2 Å². The molecule has 1 aromatic carbocycles. The van der Waals surface area contributed by atoms with Crippen molar-refractivity contribution in [3.63, 3.8) is 0 Å². The fraction of sp³-hybridized carbons (Fsp3) is 0.556. The molecule has 1 saturated carbocycles. The number of nitrogens with one attached hydrogen (secondary N) is 1. The van der Waals surface area contributed by atoms with Gasteiger partial charge in [0, 0.05) is 5.56 Å². The number of rotatable bonds is 6. The second-order valence-electron chi connectivity index (χ2n) is 6.27. The van der Waals surface area contributed by atoms with E-state index >= 15 is 0 Å². The van der Waals surface area contributed by atoms with E-state index < -0.39 is 5.54 Å². The maximum absolute atomic E-state index is 12.4. The third-order valence-electron chi connectivity index (χ3n) is 4.41. The minimum atomic E-state index is -0.749. The zero-order chi connectivity index (χ0) is 16.3. The Hall–Kier alpha value is -2.02. The van der Waals surface area contributed by atoms with E-state index in [9.17, 15) is 10.1 Å². The molecular formula is C18H24N2O2. The van der Waals surface area contributed by atoms with Crippen LogP contribution < -0.4 is 10.1 Å². The molecule has 1 N–H and O–H groups in total. The summed E-state index contributed by atoms with van der Waals surface area (Å²) in [6.07, 6.45) is 3.12. The Morgan fingerprint density at radius 2 is 2.18 bits per heavy atom. The van der Waals surface area contributed by atoms with Crippen LogP contribution >= 0.6 is 0 Å². The lowest BCUT2D eigenvalue weighted by Crippen LogP contribution is -2.47. The Bertz CT molecular complexity index is 589. The first-order valence-corrected chi connectivity index (χ1v) is 7.82. The lowest BCUT2D eigenvalue weighted by Gasteiger charge is -2.23. The molecule has 0 aromatic heterocycles. The van der Waals surface area contributed by atoms with Crippen molar-refractivity contribution in [3.05, 3.63) is 28.8 Å². The Labute approximate surface area is 132 Å². The smallest absolute Gasteiger partial charge is 0.225 e. The molecule has 0 heterocycles. The van der Waals surface area contributed by atoms with Crippen LogP contribution in [-0.4, -0.2) is 18.6 Å². The van der Waals surface area contributed by atoms with Crippen LogP contribution in [0.5, 0.6) is 5.75 Å². The molecule has 0 aliphatic heterocycles. The minimum Gasteiger partial charge on any atom is -0.496 e. The average Bonchev–Trinajstić information content (AvgIpc) is 3.33. The molecule has 1 aliphatic carbocycles. The molecule has 118 valence electrons. The molecule has 22 heavy (non-hydrogen) atoms.